The van der Waals surface area contributed by atoms with Crippen LogP contribution in [0.25, 0.3) is 11.5 Å². The molecule has 0 radical (unpaired) electrons. The van der Waals surface area contributed by atoms with Crippen molar-refractivity contribution in [2.75, 3.05) is 13.2 Å². The van der Waals surface area contributed by atoms with Crippen LogP contribution in [-0.4, -0.2) is 34.4 Å². The van der Waals surface area contributed by atoms with Gasteiger partial charge in [0.25, 0.3) is 11.7 Å². The van der Waals surface area contributed by atoms with Crippen LogP contribution in [0, 0.1) is 0 Å². The number of carboxylic acid groups (broad SMARTS) is 1. The van der Waals surface area contributed by atoms with E-state index in [9.17, 15) is 4.79 Å². The summed E-state index contributed by atoms with van der Waals surface area (Å²) in [5, 5.41) is 12.1. The minimum atomic E-state index is -1.24. The fraction of sp³-hybridized carbons (Fsp3) is 0.308. The Morgan fingerprint density at radius 2 is 1.95 bits per heavy atom. The summed E-state index contributed by atoms with van der Waals surface area (Å²) in [5.41, 5.74) is 0.567. The Morgan fingerprint density at radius 3 is 2.55 bits per heavy atom. The number of carboxylic acids is 1. The first-order chi connectivity index (χ1) is 9.65. The van der Waals surface area contributed by atoms with Crippen molar-refractivity contribution in [2.45, 2.75) is 13.8 Å². The molecule has 1 heterocycles. The summed E-state index contributed by atoms with van der Waals surface area (Å²) in [6.07, 6.45) is 0. The van der Waals surface area contributed by atoms with Gasteiger partial charge in [-0.1, -0.05) is 0 Å². The minimum Gasteiger partial charge on any atom is -0.490 e. The molecule has 0 saturated heterocycles. The third-order valence-electron chi connectivity index (χ3n) is 2.41. The molecule has 7 heteroatoms. The Bertz CT molecular complexity index is 609. The topological polar surface area (TPSA) is 94.7 Å². The zero-order valence-corrected chi connectivity index (χ0v) is 11.1. The number of benzene rings is 1. The van der Waals surface area contributed by atoms with Gasteiger partial charge in [-0.15, -0.1) is 0 Å². The first-order valence-corrected chi connectivity index (χ1v) is 6.12. The highest BCUT2D eigenvalue weighted by Crippen LogP contribution is 2.32. The molecule has 0 unspecified atom stereocenters. The summed E-state index contributed by atoms with van der Waals surface area (Å²) in [4.78, 5) is 14.5. The predicted octanol–water partition coefficient (Wildman–Crippen LogP) is 2.23. The van der Waals surface area contributed by atoms with Gasteiger partial charge in [0, 0.05) is 5.56 Å². The van der Waals surface area contributed by atoms with Crippen molar-refractivity contribution >= 4 is 5.97 Å². The van der Waals surface area contributed by atoms with Crippen LogP contribution in [0.2, 0.25) is 0 Å². The quantitative estimate of drug-likeness (QED) is 0.865. The monoisotopic (exact) mass is 278 g/mol. The lowest BCUT2D eigenvalue weighted by Gasteiger charge is -2.11. The molecule has 0 fully saturated rings. The van der Waals surface area contributed by atoms with Gasteiger partial charge in [0.1, 0.15) is 0 Å². The summed E-state index contributed by atoms with van der Waals surface area (Å²) in [6, 6.07) is 5.09. The summed E-state index contributed by atoms with van der Waals surface area (Å²) >= 11 is 0. The lowest BCUT2D eigenvalue weighted by Crippen LogP contribution is -1.99. The van der Waals surface area contributed by atoms with Crippen LogP contribution in [0.5, 0.6) is 11.5 Å². The fourth-order valence-electron chi connectivity index (χ4n) is 1.61. The molecule has 0 aliphatic heterocycles. The van der Waals surface area contributed by atoms with E-state index >= 15 is 0 Å². The van der Waals surface area contributed by atoms with Gasteiger partial charge in [-0.25, -0.2) is 4.79 Å². The van der Waals surface area contributed by atoms with Crippen LogP contribution in [0.1, 0.15) is 24.5 Å². The van der Waals surface area contributed by atoms with Crippen LogP contribution in [0.4, 0.5) is 0 Å². The van der Waals surface area contributed by atoms with E-state index in [4.69, 9.17) is 19.1 Å². The summed E-state index contributed by atoms with van der Waals surface area (Å²) in [5.74, 6) is -0.354. The van der Waals surface area contributed by atoms with Crippen LogP contribution in [-0.2, 0) is 0 Å². The molecule has 2 rings (SSSR count). The largest absolute Gasteiger partial charge is 0.490 e. The molecule has 0 spiro atoms. The third-order valence-corrected chi connectivity index (χ3v) is 2.41. The molecule has 0 aliphatic carbocycles. The normalized spacial score (nSPS) is 10.3. The van der Waals surface area contributed by atoms with Crippen molar-refractivity contribution in [1.29, 1.82) is 0 Å². The molecule has 0 aliphatic rings. The van der Waals surface area contributed by atoms with Gasteiger partial charge in [-0.2, -0.15) is 4.98 Å². The van der Waals surface area contributed by atoms with E-state index in [1.807, 2.05) is 13.8 Å². The molecule has 0 bridgehead atoms. The lowest BCUT2D eigenvalue weighted by molar-refractivity contribution is 0.0680. The van der Waals surface area contributed by atoms with Crippen LogP contribution >= 0.6 is 0 Å². The highest BCUT2D eigenvalue weighted by Gasteiger charge is 2.16. The molecule has 2 aromatic rings. The van der Waals surface area contributed by atoms with Gasteiger partial charge in [0.15, 0.2) is 11.5 Å². The van der Waals surface area contributed by atoms with Crippen molar-refractivity contribution in [3.8, 4) is 23.0 Å². The average Bonchev–Trinajstić information content (AvgIpc) is 2.91. The number of aromatic nitrogens is 2. The number of aromatic carboxylic acids is 1. The maximum atomic E-state index is 10.7. The smallest absolute Gasteiger partial charge is 0.377 e. The van der Waals surface area contributed by atoms with Gasteiger partial charge < -0.3 is 19.1 Å². The molecule has 1 N–H and O–H groups in total. The maximum Gasteiger partial charge on any atom is 0.377 e. The highest BCUT2D eigenvalue weighted by atomic mass is 16.5. The van der Waals surface area contributed by atoms with E-state index in [0.717, 1.165) is 0 Å². The SMILES string of the molecule is CCOc1ccc(-c2nc(C(=O)O)no2)cc1OCC. The van der Waals surface area contributed by atoms with Crippen molar-refractivity contribution in [3.05, 3.63) is 24.0 Å². The van der Waals surface area contributed by atoms with Gasteiger partial charge in [0.2, 0.25) is 0 Å². The Morgan fingerprint density at radius 1 is 1.25 bits per heavy atom. The highest BCUT2D eigenvalue weighted by molar-refractivity contribution is 5.83. The van der Waals surface area contributed by atoms with E-state index in [-0.39, 0.29) is 11.7 Å². The standard InChI is InChI=1S/C13H14N2O5/c1-3-18-9-6-5-8(7-10(9)19-4-2)12-14-11(13(16)17)15-20-12/h5-7H,3-4H2,1-2H3,(H,16,17). The van der Waals surface area contributed by atoms with Gasteiger partial charge >= 0.3 is 5.97 Å². The van der Waals surface area contributed by atoms with Gasteiger partial charge in [0.05, 0.1) is 13.2 Å². The molecule has 0 amide bonds. The molecule has 0 atom stereocenters. The predicted molar refractivity (Wildman–Crippen MR) is 69.0 cm³/mol. The van der Waals surface area contributed by atoms with E-state index in [2.05, 4.69) is 10.1 Å². The van der Waals surface area contributed by atoms with Crippen molar-refractivity contribution in [2.24, 2.45) is 0 Å². The molecule has 1 aromatic carbocycles. The van der Waals surface area contributed by atoms with Crippen LogP contribution in [0.3, 0.4) is 0 Å². The zero-order chi connectivity index (χ0) is 14.5. The summed E-state index contributed by atoms with van der Waals surface area (Å²) < 4.78 is 15.8. The number of hydrogen-bond donors (Lipinski definition) is 1. The molecule has 1 aromatic heterocycles. The first kappa shape index (κ1) is 13.9. The van der Waals surface area contributed by atoms with Crippen molar-refractivity contribution in [3.63, 3.8) is 0 Å². The number of ether oxygens (including phenoxy) is 2. The molecule has 0 saturated carbocycles. The van der Waals surface area contributed by atoms with Crippen LogP contribution in [0.15, 0.2) is 22.7 Å². The second-order valence-electron chi connectivity index (χ2n) is 3.76. The van der Waals surface area contributed by atoms with E-state index in [0.29, 0.717) is 30.3 Å². The second kappa shape index (κ2) is 6.05. The fourth-order valence-corrected chi connectivity index (χ4v) is 1.61. The van der Waals surface area contributed by atoms with Crippen molar-refractivity contribution in [1.82, 2.24) is 10.1 Å². The Hall–Kier alpha value is -2.57. The Labute approximate surface area is 115 Å². The van der Waals surface area contributed by atoms with Crippen molar-refractivity contribution < 1.29 is 23.9 Å². The van der Waals surface area contributed by atoms with E-state index < -0.39 is 5.97 Å². The molecular weight excluding hydrogens is 264 g/mol. The number of rotatable bonds is 6. The maximum absolute atomic E-state index is 10.7. The summed E-state index contributed by atoms with van der Waals surface area (Å²) in [6.45, 7) is 4.73. The zero-order valence-electron chi connectivity index (χ0n) is 11.1. The lowest BCUT2D eigenvalue weighted by atomic mass is 10.2. The molecule has 7 nitrogen and oxygen atoms in total. The number of nitrogens with zero attached hydrogens (tertiary/aromatic N) is 2. The second-order valence-corrected chi connectivity index (χ2v) is 3.76. The average molecular weight is 278 g/mol. The minimum absolute atomic E-state index is 0.117. The molecular formula is C13H14N2O5. The summed E-state index contributed by atoms with van der Waals surface area (Å²) in [7, 11) is 0. The Balaban J connectivity index is 2.36. The van der Waals surface area contributed by atoms with Gasteiger partial charge in [-0.05, 0) is 37.2 Å². The third kappa shape index (κ3) is 2.87. The molecule has 106 valence electrons. The van der Waals surface area contributed by atoms with E-state index in [1.54, 1.807) is 18.2 Å². The number of carbonyl (C=O) groups is 1. The first-order valence-electron chi connectivity index (χ1n) is 6.12. The number of hydrogen-bond acceptors (Lipinski definition) is 6. The van der Waals surface area contributed by atoms with Crippen LogP contribution < -0.4 is 9.47 Å². The van der Waals surface area contributed by atoms with Gasteiger partial charge in [-0.3, -0.25) is 0 Å². The Kier molecular flexibility index (Phi) is 4.19. The van der Waals surface area contributed by atoms with E-state index in [1.165, 1.54) is 0 Å². The molecule has 20 heavy (non-hydrogen) atoms.